The van der Waals surface area contributed by atoms with E-state index in [2.05, 4.69) is 56.3 Å². The number of ketones is 1. The Hall–Kier alpha value is -2.29. The predicted molar refractivity (Wildman–Crippen MR) is 144 cm³/mol. The van der Waals surface area contributed by atoms with Crippen molar-refractivity contribution in [3.05, 3.63) is 77.6 Å². The molecule has 3 nitrogen and oxygen atoms in total. The second-order valence-corrected chi connectivity index (χ2v) is 10.2. The first kappa shape index (κ1) is 30.7. The topological polar surface area (TPSA) is 50.2 Å². The first-order valence-corrected chi connectivity index (χ1v) is 12.3. The number of hydrogen-bond acceptors (Lipinski definition) is 3. The van der Waals surface area contributed by atoms with Crippen molar-refractivity contribution in [2.45, 2.75) is 74.7 Å². The van der Waals surface area contributed by atoms with Gasteiger partial charge in [0.1, 0.15) is 5.76 Å². The Labute approximate surface area is 225 Å². The number of carbonyl (C=O) groups excluding carboxylic acids is 1. The molecule has 0 atom stereocenters. The number of pyridine rings is 1. The van der Waals surface area contributed by atoms with Crippen LogP contribution in [0, 0.1) is 23.8 Å². The zero-order valence-corrected chi connectivity index (χ0v) is 24.8. The van der Waals surface area contributed by atoms with Gasteiger partial charge >= 0.3 is 0 Å². The van der Waals surface area contributed by atoms with E-state index in [-0.39, 0.29) is 42.5 Å². The number of aromatic nitrogens is 1. The van der Waals surface area contributed by atoms with Crippen LogP contribution in [-0.4, -0.2) is 15.9 Å². The van der Waals surface area contributed by atoms with Crippen LogP contribution in [0.25, 0.3) is 22.2 Å². The maximum atomic E-state index is 11.8. The average Bonchev–Trinajstić information content (AvgIpc) is 2.83. The summed E-state index contributed by atoms with van der Waals surface area (Å²) in [5.74, 6) is 0.195. The fourth-order valence-electron chi connectivity index (χ4n) is 3.22. The van der Waals surface area contributed by atoms with Gasteiger partial charge < -0.3 is 5.11 Å². The van der Waals surface area contributed by atoms with Crippen molar-refractivity contribution in [3.63, 3.8) is 0 Å². The molecule has 0 amide bonds. The smallest absolute Gasteiger partial charge is 0.164 e. The number of fused-ring (bicyclic) bond motifs is 1. The monoisotopic (exact) mass is 651 g/mol. The molecule has 191 valence electrons. The van der Waals surface area contributed by atoms with Gasteiger partial charge in [-0.2, -0.15) is 0 Å². The third kappa shape index (κ3) is 8.40. The minimum absolute atomic E-state index is 0. The van der Waals surface area contributed by atoms with Crippen molar-refractivity contribution >= 4 is 16.7 Å². The van der Waals surface area contributed by atoms with Crippen molar-refractivity contribution in [1.82, 2.24) is 4.98 Å². The van der Waals surface area contributed by atoms with Crippen LogP contribution in [0.1, 0.15) is 72.4 Å². The largest absolute Gasteiger partial charge is 0.512 e. The van der Waals surface area contributed by atoms with Crippen molar-refractivity contribution in [1.29, 1.82) is 0 Å². The average molecular weight is 651 g/mol. The van der Waals surface area contributed by atoms with Gasteiger partial charge in [0.05, 0.1) is 5.52 Å². The molecule has 1 heterocycles. The quantitative estimate of drug-likeness (QED) is 0.159. The van der Waals surface area contributed by atoms with E-state index in [1.165, 1.54) is 22.6 Å². The zero-order chi connectivity index (χ0) is 25.5. The number of aliphatic hydroxyl groups is 1. The van der Waals surface area contributed by atoms with Crippen molar-refractivity contribution in [2.24, 2.45) is 10.8 Å². The molecule has 0 spiro atoms. The number of aliphatic hydroxyl groups excluding tert-OH is 1. The fourth-order valence-corrected chi connectivity index (χ4v) is 3.22. The van der Waals surface area contributed by atoms with E-state index in [0.717, 1.165) is 36.0 Å². The number of hydrogen-bond donors (Lipinski definition) is 1. The molecule has 0 aliphatic carbocycles. The van der Waals surface area contributed by atoms with E-state index < -0.39 is 0 Å². The number of allylic oxidation sites excluding steroid dienone is 2. The van der Waals surface area contributed by atoms with Crippen molar-refractivity contribution in [2.75, 3.05) is 0 Å². The van der Waals surface area contributed by atoms with Crippen LogP contribution >= 0.6 is 0 Å². The van der Waals surface area contributed by atoms with Crippen LogP contribution in [-0.2, 0) is 31.3 Å². The summed E-state index contributed by atoms with van der Waals surface area (Å²) in [7, 11) is 0. The Balaban J connectivity index is 0.000000352. The van der Waals surface area contributed by atoms with Crippen LogP contribution in [0.5, 0.6) is 0 Å². The van der Waals surface area contributed by atoms with Gasteiger partial charge in [-0.1, -0.05) is 85.7 Å². The summed E-state index contributed by atoms with van der Waals surface area (Å²) < 4.78 is 0. The second-order valence-electron chi connectivity index (χ2n) is 10.2. The van der Waals surface area contributed by atoms with Crippen LogP contribution in [0.15, 0.2) is 60.4 Å². The van der Waals surface area contributed by atoms with E-state index in [0.29, 0.717) is 0 Å². The van der Waals surface area contributed by atoms with E-state index in [1.807, 2.05) is 53.7 Å². The molecule has 0 aliphatic rings. The molecule has 0 aliphatic heterocycles. The van der Waals surface area contributed by atoms with Gasteiger partial charge in [0.2, 0.25) is 0 Å². The number of benzene rings is 2. The summed E-state index contributed by atoms with van der Waals surface area (Å²) in [6.45, 7) is 15.9. The second kappa shape index (κ2) is 13.1. The first-order valence-electron chi connectivity index (χ1n) is 12.3. The van der Waals surface area contributed by atoms with Crippen LogP contribution in [0.2, 0.25) is 0 Å². The first-order chi connectivity index (χ1) is 15.9. The Morgan fingerprint density at radius 1 is 0.971 bits per heavy atom. The standard InChI is InChI=1S/C18H16N.C13H24O2.Ir/c1-3-14-10-13(2)11-16(12-14)18-9-8-15-6-4-5-7-17(15)19-18;1-7-12(3,4)10(14)9-11(15)13(5,6)8-2;/h4-10,12H,3H2,1-2H3;9,14H,7-8H2,1-6H3;/q-1;;/b;10-9-;. The Morgan fingerprint density at radius 3 is 2.20 bits per heavy atom. The van der Waals surface area contributed by atoms with Crippen LogP contribution < -0.4 is 0 Å². The molecular formula is C31H40IrNO2-. The van der Waals surface area contributed by atoms with E-state index >= 15 is 0 Å². The number of nitrogens with zero attached hydrogens (tertiary/aromatic N) is 1. The normalized spacial score (nSPS) is 11.9. The maximum absolute atomic E-state index is 11.8. The maximum Gasteiger partial charge on any atom is 0.164 e. The Bertz CT molecular complexity index is 1160. The number of aryl methyl sites for hydroxylation is 2. The number of rotatable bonds is 7. The summed E-state index contributed by atoms with van der Waals surface area (Å²) in [5, 5.41) is 11.0. The third-order valence-corrected chi connectivity index (χ3v) is 6.74. The van der Waals surface area contributed by atoms with Gasteiger partial charge in [0.25, 0.3) is 0 Å². The van der Waals surface area contributed by atoms with E-state index in [4.69, 9.17) is 4.98 Å². The van der Waals surface area contributed by atoms with Gasteiger partial charge in [0.15, 0.2) is 5.78 Å². The van der Waals surface area contributed by atoms with Gasteiger partial charge in [-0.15, -0.1) is 34.9 Å². The summed E-state index contributed by atoms with van der Waals surface area (Å²) in [4.78, 5) is 16.6. The summed E-state index contributed by atoms with van der Waals surface area (Å²) in [6.07, 6.45) is 4.03. The molecule has 0 saturated heterocycles. The predicted octanol–water partition coefficient (Wildman–Crippen LogP) is 8.44. The molecule has 3 rings (SSSR count). The van der Waals surface area contributed by atoms with E-state index in [1.54, 1.807) is 0 Å². The van der Waals surface area contributed by atoms with Crippen molar-refractivity contribution < 1.29 is 30.0 Å². The van der Waals surface area contributed by atoms with Gasteiger partial charge in [0, 0.05) is 37.0 Å². The minimum Gasteiger partial charge on any atom is -0.512 e. The molecule has 0 unspecified atom stereocenters. The molecule has 4 heteroatoms. The SMILES string of the molecule is CCC(C)(C)C(=O)/C=C(\O)C(C)(C)CC.CCc1cc(C)[c-]c(-c2ccc3ccccc3n2)c1.[Ir]. The summed E-state index contributed by atoms with van der Waals surface area (Å²) in [5.41, 5.74) is 4.94. The molecule has 1 N–H and O–H groups in total. The summed E-state index contributed by atoms with van der Waals surface area (Å²) >= 11 is 0. The van der Waals surface area contributed by atoms with Crippen LogP contribution in [0.3, 0.4) is 0 Å². The van der Waals surface area contributed by atoms with Gasteiger partial charge in [-0.3, -0.25) is 9.78 Å². The van der Waals surface area contributed by atoms with Crippen LogP contribution in [0.4, 0.5) is 0 Å². The van der Waals surface area contributed by atoms with Crippen molar-refractivity contribution in [3.8, 4) is 11.3 Å². The van der Waals surface area contributed by atoms with E-state index in [9.17, 15) is 9.90 Å². The molecule has 1 aromatic heterocycles. The molecule has 0 fully saturated rings. The molecule has 3 aromatic rings. The Kier molecular flexibility index (Phi) is 11.5. The van der Waals surface area contributed by atoms with Gasteiger partial charge in [-0.05, 0) is 36.4 Å². The molecular weight excluding hydrogens is 611 g/mol. The third-order valence-electron chi connectivity index (χ3n) is 6.74. The molecule has 0 bridgehead atoms. The molecule has 35 heavy (non-hydrogen) atoms. The number of carbonyl (C=O) groups is 1. The summed E-state index contributed by atoms with van der Waals surface area (Å²) in [6, 6.07) is 20.2. The minimum atomic E-state index is -0.377. The molecule has 2 aromatic carbocycles. The molecule has 0 saturated carbocycles. The van der Waals surface area contributed by atoms with Gasteiger partial charge in [-0.25, -0.2) is 0 Å². The molecule has 1 radical (unpaired) electrons. The number of para-hydroxylation sites is 1. The Morgan fingerprint density at radius 2 is 1.60 bits per heavy atom. The fraction of sp³-hybridized carbons (Fsp3) is 0.419. The zero-order valence-electron chi connectivity index (χ0n) is 22.5.